The van der Waals surface area contributed by atoms with Gasteiger partial charge >= 0.3 is 0 Å². The third-order valence-electron chi connectivity index (χ3n) is 1.56. The van der Waals surface area contributed by atoms with Crippen LogP contribution in [0.25, 0.3) is 0 Å². The molecule has 1 fully saturated rings. The SMILES string of the molecule is CC(C)COCCOC1CC1. The molecule has 0 amide bonds. The maximum atomic E-state index is 5.41. The van der Waals surface area contributed by atoms with Crippen molar-refractivity contribution < 1.29 is 9.47 Å². The average molecular weight is 158 g/mol. The average Bonchev–Trinajstić information content (AvgIpc) is 2.70. The van der Waals surface area contributed by atoms with Crippen molar-refractivity contribution in [1.29, 1.82) is 0 Å². The maximum Gasteiger partial charge on any atom is 0.0704 e. The smallest absolute Gasteiger partial charge is 0.0704 e. The first-order chi connectivity index (χ1) is 5.29. The molecule has 11 heavy (non-hydrogen) atoms. The Morgan fingerprint density at radius 2 is 2.00 bits per heavy atom. The molecule has 0 unspecified atom stereocenters. The molecule has 0 aromatic heterocycles. The first-order valence-electron chi connectivity index (χ1n) is 4.48. The van der Waals surface area contributed by atoms with Crippen molar-refractivity contribution in [3.63, 3.8) is 0 Å². The van der Waals surface area contributed by atoms with Gasteiger partial charge in [-0.15, -0.1) is 0 Å². The van der Waals surface area contributed by atoms with E-state index in [1.54, 1.807) is 0 Å². The summed E-state index contributed by atoms with van der Waals surface area (Å²) in [5.41, 5.74) is 0. The van der Waals surface area contributed by atoms with Crippen LogP contribution in [0.2, 0.25) is 0 Å². The number of ether oxygens (including phenoxy) is 2. The maximum absolute atomic E-state index is 5.41. The summed E-state index contributed by atoms with van der Waals surface area (Å²) in [7, 11) is 0. The van der Waals surface area contributed by atoms with Crippen LogP contribution in [0.15, 0.2) is 0 Å². The summed E-state index contributed by atoms with van der Waals surface area (Å²) < 4.78 is 10.8. The predicted octanol–water partition coefficient (Wildman–Crippen LogP) is 1.84. The number of hydrogen-bond donors (Lipinski definition) is 0. The van der Waals surface area contributed by atoms with Crippen LogP contribution in [-0.4, -0.2) is 25.9 Å². The summed E-state index contributed by atoms with van der Waals surface area (Å²) >= 11 is 0. The number of rotatable bonds is 6. The molecule has 0 heterocycles. The van der Waals surface area contributed by atoms with E-state index in [2.05, 4.69) is 13.8 Å². The standard InChI is InChI=1S/C9H18O2/c1-8(2)7-10-5-6-11-9-3-4-9/h8-9H,3-7H2,1-2H3. The van der Waals surface area contributed by atoms with Gasteiger partial charge in [-0.2, -0.15) is 0 Å². The lowest BCUT2D eigenvalue weighted by Gasteiger charge is -2.06. The van der Waals surface area contributed by atoms with Gasteiger partial charge in [-0.25, -0.2) is 0 Å². The lowest BCUT2D eigenvalue weighted by Crippen LogP contribution is -2.09. The minimum absolute atomic E-state index is 0.567. The highest BCUT2D eigenvalue weighted by atomic mass is 16.5. The van der Waals surface area contributed by atoms with Crippen molar-refractivity contribution in [2.45, 2.75) is 32.8 Å². The first kappa shape index (κ1) is 9.01. The van der Waals surface area contributed by atoms with Gasteiger partial charge in [0.2, 0.25) is 0 Å². The molecule has 0 aromatic rings. The zero-order valence-corrected chi connectivity index (χ0v) is 7.51. The zero-order valence-electron chi connectivity index (χ0n) is 7.51. The fraction of sp³-hybridized carbons (Fsp3) is 1.00. The molecule has 2 heteroatoms. The van der Waals surface area contributed by atoms with Gasteiger partial charge in [-0.3, -0.25) is 0 Å². The highest BCUT2D eigenvalue weighted by Crippen LogP contribution is 2.22. The molecule has 0 saturated heterocycles. The van der Waals surface area contributed by atoms with E-state index < -0.39 is 0 Å². The highest BCUT2D eigenvalue weighted by molar-refractivity contribution is 4.72. The monoisotopic (exact) mass is 158 g/mol. The van der Waals surface area contributed by atoms with Gasteiger partial charge in [0.25, 0.3) is 0 Å². The Kier molecular flexibility index (Phi) is 3.87. The van der Waals surface area contributed by atoms with Crippen LogP contribution in [0, 0.1) is 5.92 Å². The van der Waals surface area contributed by atoms with E-state index in [-0.39, 0.29) is 0 Å². The van der Waals surface area contributed by atoms with E-state index in [9.17, 15) is 0 Å². The fourth-order valence-corrected chi connectivity index (χ4v) is 0.827. The Morgan fingerprint density at radius 3 is 2.55 bits per heavy atom. The van der Waals surface area contributed by atoms with Gasteiger partial charge in [0.05, 0.1) is 19.3 Å². The van der Waals surface area contributed by atoms with Gasteiger partial charge in [-0.05, 0) is 18.8 Å². The fourth-order valence-electron chi connectivity index (χ4n) is 0.827. The molecule has 0 bridgehead atoms. The first-order valence-corrected chi connectivity index (χ1v) is 4.48. The van der Waals surface area contributed by atoms with Gasteiger partial charge in [0.15, 0.2) is 0 Å². The normalized spacial score (nSPS) is 17.7. The second kappa shape index (κ2) is 4.73. The largest absolute Gasteiger partial charge is 0.379 e. The minimum atomic E-state index is 0.567. The molecule has 1 rings (SSSR count). The summed E-state index contributed by atoms with van der Waals surface area (Å²) in [5, 5.41) is 0. The molecule has 0 aromatic carbocycles. The van der Waals surface area contributed by atoms with Gasteiger partial charge in [-0.1, -0.05) is 13.8 Å². The molecular weight excluding hydrogens is 140 g/mol. The van der Waals surface area contributed by atoms with E-state index in [1.807, 2.05) is 0 Å². The van der Waals surface area contributed by atoms with Gasteiger partial charge in [0, 0.05) is 6.61 Å². The molecule has 0 spiro atoms. The van der Waals surface area contributed by atoms with Crippen LogP contribution < -0.4 is 0 Å². The summed E-state index contributed by atoms with van der Waals surface area (Å²) in [5.74, 6) is 0.635. The third-order valence-corrected chi connectivity index (χ3v) is 1.56. The lowest BCUT2D eigenvalue weighted by atomic mass is 10.2. The van der Waals surface area contributed by atoms with E-state index in [1.165, 1.54) is 12.8 Å². The van der Waals surface area contributed by atoms with E-state index >= 15 is 0 Å². The quantitative estimate of drug-likeness (QED) is 0.549. The van der Waals surface area contributed by atoms with Crippen LogP contribution >= 0.6 is 0 Å². The second-order valence-electron chi connectivity index (χ2n) is 3.54. The van der Waals surface area contributed by atoms with Gasteiger partial charge in [0.1, 0.15) is 0 Å². The lowest BCUT2D eigenvalue weighted by molar-refractivity contribution is 0.0311. The van der Waals surface area contributed by atoms with Gasteiger partial charge < -0.3 is 9.47 Å². The molecule has 0 radical (unpaired) electrons. The Hall–Kier alpha value is -0.0800. The van der Waals surface area contributed by atoms with Crippen molar-refractivity contribution in [2.24, 2.45) is 5.92 Å². The Morgan fingerprint density at radius 1 is 1.27 bits per heavy atom. The van der Waals surface area contributed by atoms with E-state index in [0.717, 1.165) is 19.8 Å². The molecule has 66 valence electrons. The van der Waals surface area contributed by atoms with E-state index in [4.69, 9.17) is 9.47 Å². The molecule has 0 N–H and O–H groups in total. The summed E-state index contributed by atoms with van der Waals surface area (Å²) in [4.78, 5) is 0. The molecule has 0 aliphatic heterocycles. The van der Waals surface area contributed by atoms with Crippen molar-refractivity contribution in [3.8, 4) is 0 Å². The molecule has 1 saturated carbocycles. The summed E-state index contributed by atoms with van der Waals surface area (Å²) in [6, 6.07) is 0. The van der Waals surface area contributed by atoms with Crippen molar-refractivity contribution in [1.82, 2.24) is 0 Å². The predicted molar refractivity (Wildman–Crippen MR) is 44.6 cm³/mol. The van der Waals surface area contributed by atoms with Crippen LogP contribution in [0.1, 0.15) is 26.7 Å². The Balaban J connectivity index is 1.73. The topological polar surface area (TPSA) is 18.5 Å². The van der Waals surface area contributed by atoms with Crippen molar-refractivity contribution in [3.05, 3.63) is 0 Å². The third kappa shape index (κ3) is 5.22. The van der Waals surface area contributed by atoms with Crippen LogP contribution in [0.5, 0.6) is 0 Å². The van der Waals surface area contributed by atoms with Crippen molar-refractivity contribution in [2.75, 3.05) is 19.8 Å². The molecular formula is C9H18O2. The molecule has 2 nitrogen and oxygen atoms in total. The molecule has 0 atom stereocenters. The summed E-state index contributed by atoms with van der Waals surface area (Å²) in [6.45, 7) is 6.70. The summed E-state index contributed by atoms with van der Waals surface area (Å²) in [6.07, 6.45) is 3.08. The van der Waals surface area contributed by atoms with Crippen LogP contribution in [0.3, 0.4) is 0 Å². The Bertz CT molecular complexity index is 93.7. The van der Waals surface area contributed by atoms with Crippen molar-refractivity contribution >= 4 is 0 Å². The highest BCUT2D eigenvalue weighted by Gasteiger charge is 2.21. The molecule has 1 aliphatic carbocycles. The van der Waals surface area contributed by atoms with E-state index in [0.29, 0.717) is 12.0 Å². The molecule has 1 aliphatic rings. The van der Waals surface area contributed by atoms with Crippen LogP contribution in [-0.2, 0) is 9.47 Å². The zero-order chi connectivity index (χ0) is 8.10. The number of hydrogen-bond acceptors (Lipinski definition) is 2. The Labute approximate surface area is 68.9 Å². The van der Waals surface area contributed by atoms with Crippen LogP contribution in [0.4, 0.5) is 0 Å². The second-order valence-corrected chi connectivity index (χ2v) is 3.54. The minimum Gasteiger partial charge on any atom is -0.379 e.